The number of nitrogens with one attached hydrogen (secondary N) is 1. The number of carbonyl (C=O) groups is 1. The molecule has 3 unspecified atom stereocenters. The Morgan fingerprint density at radius 1 is 1.67 bits per heavy atom. The fourth-order valence-electron chi connectivity index (χ4n) is 1.75. The van der Waals surface area contributed by atoms with Gasteiger partial charge in [-0.3, -0.25) is 4.79 Å². The van der Waals surface area contributed by atoms with Gasteiger partial charge >= 0.3 is 5.97 Å². The summed E-state index contributed by atoms with van der Waals surface area (Å²) in [6, 6.07) is 0.556. The van der Waals surface area contributed by atoms with Crippen LogP contribution in [0.15, 0.2) is 12.7 Å². The van der Waals surface area contributed by atoms with Gasteiger partial charge in [0.05, 0.1) is 0 Å². The van der Waals surface area contributed by atoms with Crippen LogP contribution in [0, 0.1) is 5.92 Å². The van der Waals surface area contributed by atoms with Crippen LogP contribution in [0.3, 0.4) is 0 Å². The molecule has 1 aliphatic carbocycles. The Labute approximate surface area is 71.8 Å². The minimum Gasteiger partial charge on any atom is -0.460 e. The molecule has 2 rings (SSSR count). The van der Waals surface area contributed by atoms with Gasteiger partial charge in [-0.25, -0.2) is 0 Å². The van der Waals surface area contributed by atoms with Crippen LogP contribution in [0.25, 0.3) is 0 Å². The molecule has 3 nitrogen and oxygen atoms in total. The van der Waals surface area contributed by atoms with Crippen LogP contribution < -0.4 is 5.32 Å². The van der Waals surface area contributed by atoms with E-state index in [1.807, 2.05) is 0 Å². The molecule has 3 atom stereocenters. The number of piperidine rings is 1. The van der Waals surface area contributed by atoms with E-state index in [-0.39, 0.29) is 12.0 Å². The van der Waals surface area contributed by atoms with Crippen molar-refractivity contribution in [2.45, 2.75) is 24.9 Å². The summed E-state index contributed by atoms with van der Waals surface area (Å²) < 4.78 is 4.92. The first-order chi connectivity index (χ1) is 5.81. The average molecular weight is 167 g/mol. The topological polar surface area (TPSA) is 38.3 Å². The Kier molecular flexibility index (Phi) is 1.89. The molecule has 1 aliphatic heterocycles. The summed E-state index contributed by atoms with van der Waals surface area (Å²) in [6.45, 7) is 3.81. The maximum Gasteiger partial charge on any atom is 0.323 e. The molecule has 0 amide bonds. The third-order valence-electron chi connectivity index (χ3n) is 2.50. The highest BCUT2D eigenvalue weighted by Crippen LogP contribution is 2.40. The molecule has 2 fully saturated rings. The lowest BCUT2D eigenvalue weighted by molar-refractivity contribution is -0.144. The number of esters is 1. The third kappa shape index (κ3) is 1.37. The van der Waals surface area contributed by atoms with E-state index in [0.29, 0.717) is 12.6 Å². The van der Waals surface area contributed by atoms with E-state index in [9.17, 15) is 4.79 Å². The number of carbonyl (C=O) groups excluding carboxylic acids is 1. The fraction of sp³-hybridized carbons (Fsp3) is 0.667. The van der Waals surface area contributed by atoms with Gasteiger partial charge < -0.3 is 10.1 Å². The first-order valence-electron chi connectivity index (χ1n) is 4.35. The number of rotatable bonds is 3. The average Bonchev–Trinajstić information content (AvgIpc) is 2.69. The largest absolute Gasteiger partial charge is 0.460 e. The van der Waals surface area contributed by atoms with Gasteiger partial charge in [0.1, 0.15) is 12.6 Å². The summed E-state index contributed by atoms with van der Waals surface area (Å²) >= 11 is 0. The SMILES string of the molecule is C=CCOC(=O)C1CC2CC2N1. The number of ether oxygens (including phenoxy) is 1. The molecule has 66 valence electrons. The van der Waals surface area contributed by atoms with Crippen molar-refractivity contribution in [1.29, 1.82) is 0 Å². The van der Waals surface area contributed by atoms with Gasteiger partial charge in [0.25, 0.3) is 0 Å². The van der Waals surface area contributed by atoms with Gasteiger partial charge in [-0.2, -0.15) is 0 Å². The number of hydrogen-bond donors (Lipinski definition) is 1. The zero-order chi connectivity index (χ0) is 8.55. The molecule has 0 aromatic rings. The molecule has 1 N–H and O–H groups in total. The Morgan fingerprint density at radius 3 is 3.08 bits per heavy atom. The van der Waals surface area contributed by atoms with Gasteiger partial charge in [0.2, 0.25) is 0 Å². The molecular formula is C9H13NO2. The van der Waals surface area contributed by atoms with Crippen molar-refractivity contribution in [3.05, 3.63) is 12.7 Å². The zero-order valence-electron chi connectivity index (χ0n) is 6.95. The summed E-state index contributed by atoms with van der Waals surface area (Å²) in [6.07, 6.45) is 3.79. The van der Waals surface area contributed by atoms with Crippen molar-refractivity contribution >= 4 is 5.97 Å². The summed E-state index contributed by atoms with van der Waals surface area (Å²) in [5.74, 6) is 0.619. The molecule has 1 saturated heterocycles. The highest BCUT2D eigenvalue weighted by Gasteiger charge is 2.48. The van der Waals surface area contributed by atoms with Gasteiger partial charge in [0, 0.05) is 6.04 Å². The predicted octanol–water partition coefficient (Wildman–Crippen LogP) is 0.466. The lowest BCUT2D eigenvalue weighted by Gasteiger charge is -2.10. The monoisotopic (exact) mass is 167 g/mol. The molecule has 0 aromatic carbocycles. The van der Waals surface area contributed by atoms with Crippen LogP contribution in [-0.4, -0.2) is 24.7 Å². The molecule has 0 aromatic heterocycles. The molecule has 2 aliphatic rings. The number of fused-ring (bicyclic) bond motifs is 1. The van der Waals surface area contributed by atoms with E-state index in [4.69, 9.17) is 4.74 Å². The Balaban J connectivity index is 1.77. The molecule has 0 bridgehead atoms. The minimum atomic E-state index is -0.123. The van der Waals surface area contributed by atoms with Crippen molar-refractivity contribution < 1.29 is 9.53 Å². The van der Waals surface area contributed by atoms with Gasteiger partial charge in [-0.15, -0.1) is 0 Å². The molecular weight excluding hydrogens is 154 g/mol. The first-order valence-corrected chi connectivity index (χ1v) is 4.35. The smallest absolute Gasteiger partial charge is 0.323 e. The number of hydrogen-bond acceptors (Lipinski definition) is 3. The molecule has 0 radical (unpaired) electrons. The zero-order valence-corrected chi connectivity index (χ0v) is 6.95. The molecule has 1 saturated carbocycles. The molecule has 1 heterocycles. The second kappa shape index (κ2) is 2.90. The highest BCUT2D eigenvalue weighted by atomic mass is 16.5. The lowest BCUT2D eigenvalue weighted by atomic mass is 10.2. The van der Waals surface area contributed by atoms with E-state index in [1.165, 1.54) is 6.42 Å². The lowest BCUT2D eigenvalue weighted by Crippen LogP contribution is -2.35. The van der Waals surface area contributed by atoms with Crippen molar-refractivity contribution in [2.24, 2.45) is 5.92 Å². The molecule has 0 spiro atoms. The Bertz CT molecular complexity index is 205. The second-order valence-corrected chi connectivity index (χ2v) is 3.48. The van der Waals surface area contributed by atoms with Crippen LogP contribution in [0.1, 0.15) is 12.8 Å². The highest BCUT2D eigenvalue weighted by molar-refractivity contribution is 5.76. The normalized spacial score (nSPS) is 37.2. The summed E-state index contributed by atoms with van der Waals surface area (Å²) in [5.41, 5.74) is 0. The quantitative estimate of drug-likeness (QED) is 0.490. The van der Waals surface area contributed by atoms with E-state index in [1.54, 1.807) is 6.08 Å². The van der Waals surface area contributed by atoms with Crippen LogP contribution in [0.5, 0.6) is 0 Å². The van der Waals surface area contributed by atoms with Crippen LogP contribution >= 0.6 is 0 Å². The summed E-state index contributed by atoms with van der Waals surface area (Å²) in [7, 11) is 0. The minimum absolute atomic E-state index is 0.0475. The third-order valence-corrected chi connectivity index (χ3v) is 2.50. The van der Waals surface area contributed by atoms with Gasteiger partial charge in [-0.1, -0.05) is 12.7 Å². The predicted molar refractivity (Wildman–Crippen MR) is 44.6 cm³/mol. The van der Waals surface area contributed by atoms with Gasteiger partial charge in [0.15, 0.2) is 0 Å². The Morgan fingerprint density at radius 2 is 2.50 bits per heavy atom. The maximum absolute atomic E-state index is 11.2. The van der Waals surface area contributed by atoms with E-state index in [0.717, 1.165) is 12.3 Å². The van der Waals surface area contributed by atoms with Crippen molar-refractivity contribution in [2.75, 3.05) is 6.61 Å². The van der Waals surface area contributed by atoms with Gasteiger partial charge in [-0.05, 0) is 18.8 Å². The summed E-state index contributed by atoms with van der Waals surface area (Å²) in [4.78, 5) is 11.2. The summed E-state index contributed by atoms with van der Waals surface area (Å²) in [5, 5.41) is 3.23. The van der Waals surface area contributed by atoms with Crippen LogP contribution in [-0.2, 0) is 9.53 Å². The molecule has 3 heteroatoms. The van der Waals surface area contributed by atoms with Crippen LogP contribution in [0.2, 0.25) is 0 Å². The molecule has 12 heavy (non-hydrogen) atoms. The van der Waals surface area contributed by atoms with E-state index in [2.05, 4.69) is 11.9 Å². The van der Waals surface area contributed by atoms with Crippen molar-refractivity contribution in [3.63, 3.8) is 0 Å². The standard InChI is InChI=1S/C9H13NO2/c1-2-3-12-9(11)8-5-6-4-7(6)10-8/h2,6-8,10H,1,3-5H2. The first kappa shape index (κ1) is 7.80. The van der Waals surface area contributed by atoms with E-state index >= 15 is 0 Å². The van der Waals surface area contributed by atoms with E-state index < -0.39 is 0 Å². The maximum atomic E-state index is 11.2. The Hall–Kier alpha value is -0.830. The van der Waals surface area contributed by atoms with Crippen molar-refractivity contribution in [3.8, 4) is 0 Å². The fourth-order valence-corrected chi connectivity index (χ4v) is 1.75. The van der Waals surface area contributed by atoms with Crippen molar-refractivity contribution in [1.82, 2.24) is 5.32 Å². The second-order valence-electron chi connectivity index (χ2n) is 3.48. The van der Waals surface area contributed by atoms with Crippen LogP contribution in [0.4, 0.5) is 0 Å².